The summed E-state index contributed by atoms with van der Waals surface area (Å²) >= 11 is 10.8. The summed E-state index contributed by atoms with van der Waals surface area (Å²) in [5, 5.41) is 25.1. The van der Waals surface area contributed by atoms with Gasteiger partial charge in [0.1, 0.15) is 5.03 Å². The summed E-state index contributed by atoms with van der Waals surface area (Å²) in [5.41, 5.74) is 0. The molecule has 5 heteroatoms. The zero-order chi connectivity index (χ0) is 9.07. The number of hydrogen-bond acceptors (Lipinski definition) is 3. The van der Waals surface area contributed by atoms with E-state index in [1.165, 1.54) is 0 Å². The third-order valence-corrected chi connectivity index (χ3v) is 1.96. The highest BCUT2D eigenvalue weighted by Crippen LogP contribution is 2.25. The minimum atomic E-state index is -3.01. The lowest BCUT2D eigenvalue weighted by Gasteiger charge is -2.13. The summed E-state index contributed by atoms with van der Waals surface area (Å²) in [6.45, 7) is 1.85. The SMILES string of the molecule is CCCC(Cl)=C(Cl)C(O)(O)O. The van der Waals surface area contributed by atoms with Gasteiger partial charge in [-0.05, 0) is 6.42 Å². The molecule has 0 spiro atoms. The van der Waals surface area contributed by atoms with E-state index in [0.29, 0.717) is 12.8 Å². The average molecular weight is 201 g/mol. The van der Waals surface area contributed by atoms with Crippen molar-refractivity contribution in [3.63, 3.8) is 0 Å². The van der Waals surface area contributed by atoms with Gasteiger partial charge in [-0.2, -0.15) is 0 Å². The molecular weight excluding hydrogens is 191 g/mol. The first-order valence-electron chi connectivity index (χ1n) is 3.11. The molecule has 0 saturated carbocycles. The number of allylic oxidation sites excluding steroid dienone is 1. The van der Waals surface area contributed by atoms with Gasteiger partial charge in [0.05, 0.1) is 0 Å². The Morgan fingerprint density at radius 2 is 1.73 bits per heavy atom. The molecule has 0 aliphatic carbocycles. The maximum absolute atomic E-state index is 8.52. The van der Waals surface area contributed by atoms with Gasteiger partial charge >= 0.3 is 5.97 Å². The fourth-order valence-electron chi connectivity index (χ4n) is 0.511. The highest BCUT2D eigenvalue weighted by molar-refractivity contribution is 6.39. The van der Waals surface area contributed by atoms with Gasteiger partial charge < -0.3 is 15.3 Å². The fourth-order valence-corrected chi connectivity index (χ4v) is 0.921. The zero-order valence-corrected chi connectivity index (χ0v) is 7.52. The van der Waals surface area contributed by atoms with E-state index in [-0.39, 0.29) is 5.03 Å². The first-order chi connectivity index (χ1) is 4.89. The van der Waals surface area contributed by atoms with Crippen molar-refractivity contribution in [2.45, 2.75) is 25.7 Å². The van der Waals surface area contributed by atoms with Crippen molar-refractivity contribution >= 4 is 23.2 Å². The van der Waals surface area contributed by atoms with Crippen molar-refractivity contribution < 1.29 is 15.3 Å². The van der Waals surface area contributed by atoms with Gasteiger partial charge in [0.25, 0.3) is 0 Å². The monoisotopic (exact) mass is 200 g/mol. The summed E-state index contributed by atoms with van der Waals surface area (Å²) in [7, 11) is 0. The highest BCUT2D eigenvalue weighted by Gasteiger charge is 2.26. The first kappa shape index (κ1) is 11.2. The van der Waals surface area contributed by atoms with Gasteiger partial charge in [-0.15, -0.1) is 0 Å². The van der Waals surface area contributed by atoms with Crippen LogP contribution in [0.4, 0.5) is 0 Å². The van der Waals surface area contributed by atoms with Crippen LogP contribution in [0.3, 0.4) is 0 Å². The van der Waals surface area contributed by atoms with Crippen LogP contribution < -0.4 is 0 Å². The summed E-state index contributed by atoms with van der Waals surface area (Å²) in [5.74, 6) is -3.01. The molecule has 0 aliphatic heterocycles. The van der Waals surface area contributed by atoms with Crippen molar-refractivity contribution in [3.8, 4) is 0 Å². The molecule has 0 aromatic heterocycles. The second-order valence-corrected chi connectivity index (χ2v) is 2.94. The van der Waals surface area contributed by atoms with Gasteiger partial charge in [0.2, 0.25) is 0 Å². The number of hydrogen-bond donors (Lipinski definition) is 3. The number of rotatable bonds is 3. The highest BCUT2D eigenvalue weighted by atomic mass is 35.5. The van der Waals surface area contributed by atoms with E-state index in [1.54, 1.807) is 0 Å². The Labute approximate surface area is 74.9 Å². The van der Waals surface area contributed by atoms with Crippen molar-refractivity contribution in [1.29, 1.82) is 0 Å². The van der Waals surface area contributed by atoms with Crippen LogP contribution >= 0.6 is 23.2 Å². The van der Waals surface area contributed by atoms with Crippen LogP contribution in [0.25, 0.3) is 0 Å². The summed E-state index contributed by atoms with van der Waals surface area (Å²) < 4.78 is 0. The van der Waals surface area contributed by atoms with E-state index in [0.717, 1.165) is 0 Å². The van der Waals surface area contributed by atoms with Crippen LogP contribution in [0, 0.1) is 0 Å². The van der Waals surface area contributed by atoms with Crippen LogP contribution in [0.15, 0.2) is 10.1 Å². The first-order valence-corrected chi connectivity index (χ1v) is 3.87. The Hall–Kier alpha value is 0.200. The predicted molar refractivity (Wildman–Crippen MR) is 43.0 cm³/mol. The molecule has 0 amide bonds. The van der Waals surface area contributed by atoms with Crippen molar-refractivity contribution in [2.75, 3.05) is 0 Å². The van der Waals surface area contributed by atoms with Crippen LogP contribution in [0.1, 0.15) is 19.8 Å². The second-order valence-electron chi connectivity index (χ2n) is 2.10. The Morgan fingerprint density at radius 1 is 1.27 bits per heavy atom. The van der Waals surface area contributed by atoms with Gasteiger partial charge in [0.15, 0.2) is 0 Å². The largest absolute Gasteiger partial charge is 0.339 e. The lowest BCUT2D eigenvalue weighted by molar-refractivity contribution is -0.277. The lowest BCUT2D eigenvalue weighted by Crippen LogP contribution is -2.28. The maximum Gasteiger partial charge on any atom is 0.316 e. The van der Waals surface area contributed by atoms with Gasteiger partial charge in [-0.1, -0.05) is 36.5 Å². The smallest absolute Gasteiger partial charge is 0.316 e. The molecule has 0 aromatic carbocycles. The molecule has 11 heavy (non-hydrogen) atoms. The van der Waals surface area contributed by atoms with Gasteiger partial charge in [-0.3, -0.25) is 0 Å². The van der Waals surface area contributed by atoms with Crippen molar-refractivity contribution in [1.82, 2.24) is 0 Å². The van der Waals surface area contributed by atoms with Crippen molar-refractivity contribution in [2.24, 2.45) is 0 Å². The molecule has 0 radical (unpaired) electrons. The average Bonchev–Trinajstić information content (AvgIpc) is 1.85. The third-order valence-electron chi connectivity index (χ3n) is 1.00. The third kappa shape index (κ3) is 3.94. The van der Waals surface area contributed by atoms with Crippen molar-refractivity contribution in [3.05, 3.63) is 10.1 Å². The molecule has 0 bridgehead atoms. The molecule has 3 nitrogen and oxygen atoms in total. The van der Waals surface area contributed by atoms with Gasteiger partial charge in [-0.25, -0.2) is 0 Å². The molecule has 0 atom stereocenters. The quantitative estimate of drug-likeness (QED) is 0.599. The summed E-state index contributed by atoms with van der Waals surface area (Å²) in [4.78, 5) is 0. The summed E-state index contributed by atoms with van der Waals surface area (Å²) in [6.07, 6.45) is 1.12. The minimum Gasteiger partial charge on any atom is -0.339 e. The normalized spacial score (nSPS) is 14.7. The van der Waals surface area contributed by atoms with Crippen LogP contribution in [0.5, 0.6) is 0 Å². The van der Waals surface area contributed by atoms with Crippen LogP contribution in [-0.2, 0) is 0 Å². The topological polar surface area (TPSA) is 60.7 Å². The molecule has 0 heterocycles. The molecule has 66 valence electrons. The molecule has 0 fully saturated rings. The second kappa shape index (κ2) is 4.28. The molecular formula is C6H10Cl2O3. The van der Waals surface area contributed by atoms with Gasteiger partial charge in [0, 0.05) is 5.03 Å². The molecule has 0 aromatic rings. The predicted octanol–water partition coefficient (Wildman–Crippen LogP) is 1.11. The lowest BCUT2D eigenvalue weighted by atomic mass is 10.3. The van der Waals surface area contributed by atoms with E-state index in [9.17, 15) is 0 Å². The number of halogens is 2. The fraction of sp³-hybridized carbons (Fsp3) is 0.667. The van der Waals surface area contributed by atoms with E-state index < -0.39 is 11.0 Å². The Kier molecular flexibility index (Phi) is 4.36. The van der Waals surface area contributed by atoms with E-state index in [2.05, 4.69) is 0 Å². The molecule has 0 unspecified atom stereocenters. The minimum absolute atomic E-state index is 0.0571. The van der Waals surface area contributed by atoms with E-state index in [4.69, 9.17) is 38.5 Å². The number of aliphatic hydroxyl groups is 3. The Balaban J connectivity index is 4.39. The zero-order valence-electron chi connectivity index (χ0n) is 6.01. The van der Waals surface area contributed by atoms with E-state index in [1.807, 2.05) is 6.92 Å². The summed E-state index contributed by atoms with van der Waals surface area (Å²) in [6, 6.07) is 0. The van der Waals surface area contributed by atoms with E-state index >= 15 is 0 Å². The Morgan fingerprint density at radius 3 is 2.00 bits per heavy atom. The maximum atomic E-state index is 8.52. The molecule has 3 N–H and O–H groups in total. The molecule has 0 saturated heterocycles. The van der Waals surface area contributed by atoms with Crippen LogP contribution in [0.2, 0.25) is 0 Å². The Bertz CT molecular complexity index is 160. The molecule has 0 rings (SSSR count). The standard InChI is InChI=1S/C6H10Cl2O3/c1-2-3-4(7)5(8)6(9,10)11/h9-11H,2-3H2,1H3. The molecule has 0 aliphatic rings. The van der Waals surface area contributed by atoms with Crippen LogP contribution in [-0.4, -0.2) is 21.3 Å².